The highest BCUT2D eigenvalue weighted by atomic mass is 79.9. The number of benzene rings is 2. The van der Waals surface area contributed by atoms with Gasteiger partial charge in [0.25, 0.3) is 0 Å². The van der Waals surface area contributed by atoms with Crippen LogP contribution in [-0.2, 0) is 10.0 Å². The molecule has 0 fully saturated rings. The second kappa shape index (κ2) is 6.67. The highest BCUT2D eigenvalue weighted by Crippen LogP contribution is 2.26. The number of hydrogen-bond acceptors (Lipinski definition) is 2. The summed E-state index contributed by atoms with van der Waals surface area (Å²) in [6.45, 7) is 1.76. The Kier molecular flexibility index (Phi) is 5.33. The molecule has 0 saturated carbocycles. The molecule has 0 aromatic heterocycles. The van der Waals surface area contributed by atoms with Gasteiger partial charge in [-0.15, -0.1) is 0 Å². The molecular formula is C14H12BrCl2NO2S. The second-order valence-corrected chi connectivity index (χ2v) is 7.91. The van der Waals surface area contributed by atoms with Gasteiger partial charge < -0.3 is 0 Å². The Morgan fingerprint density at radius 2 is 1.71 bits per heavy atom. The van der Waals surface area contributed by atoms with Crippen LogP contribution in [0.3, 0.4) is 0 Å². The van der Waals surface area contributed by atoms with Crippen LogP contribution < -0.4 is 4.72 Å². The highest BCUT2D eigenvalue weighted by molar-refractivity contribution is 9.10. The van der Waals surface area contributed by atoms with E-state index in [1.165, 1.54) is 6.07 Å². The van der Waals surface area contributed by atoms with E-state index in [0.717, 1.165) is 10.0 Å². The first kappa shape index (κ1) is 16.8. The fraction of sp³-hybridized carbons (Fsp3) is 0.143. The molecule has 7 heteroatoms. The summed E-state index contributed by atoms with van der Waals surface area (Å²) in [6, 6.07) is 11.2. The van der Waals surface area contributed by atoms with E-state index >= 15 is 0 Å². The predicted molar refractivity (Wildman–Crippen MR) is 89.3 cm³/mol. The normalized spacial score (nSPS) is 13.1. The molecule has 0 aliphatic rings. The summed E-state index contributed by atoms with van der Waals surface area (Å²) in [6.07, 6.45) is 0. The van der Waals surface area contributed by atoms with Gasteiger partial charge in [0, 0.05) is 15.5 Å². The summed E-state index contributed by atoms with van der Waals surface area (Å²) in [5.41, 5.74) is 0.816. The van der Waals surface area contributed by atoms with E-state index in [2.05, 4.69) is 20.7 Å². The number of halogens is 3. The molecule has 2 rings (SSSR count). The second-order valence-electron chi connectivity index (χ2n) is 4.47. The van der Waals surface area contributed by atoms with Gasteiger partial charge in [0.05, 0.1) is 5.02 Å². The lowest BCUT2D eigenvalue weighted by Crippen LogP contribution is -2.27. The van der Waals surface area contributed by atoms with Gasteiger partial charge in [-0.3, -0.25) is 0 Å². The summed E-state index contributed by atoms with van der Waals surface area (Å²) in [5.74, 6) is 0. The molecule has 2 aromatic rings. The lowest BCUT2D eigenvalue weighted by Gasteiger charge is -2.15. The van der Waals surface area contributed by atoms with E-state index in [4.69, 9.17) is 23.2 Å². The first-order valence-corrected chi connectivity index (χ1v) is 9.05. The molecule has 0 amide bonds. The maximum absolute atomic E-state index is 12.4. The molecule has 1 atom stereocenters. The van der Waals surface area contributed by atoms with Crippen molar-refractivity contribution < 1.29 is 8.42 Å². The van der Waals surface area contributed by atoms with Gasteiger partial charge in [-0.25, -0.2) is 13.1 Å². The Labute approximate surface area is 142 Å². The number of rotatable bonds is 4. The monoisotopic (exact) mass is 407 g/mol. The van der Waals surface area contributed by atoms with Crippen molar-refractivity contribution in [2.45, 2.75) is 17.9 Å². The van der Waals surface area contributed by atoms with Crippen LogP contribution in [0.2, 0.25) is 10.0 Å². The zero-order chi connectivity index (χ0) is 15.6. The Bertz CT molecular complexity index is 748. The van der Waals surface area contributed by atoms with Gasteiger partial charge in [0.15, 0.2) is 0 Å². The molecule has 1 N–H and O–H groups in total. The Hall–Kier alpha value is -0.590. The molecule has 0 aliphatic carbocycles. The Morgan fingerprint density at radius 3 is 2.29 bits per heavy atom. The lowest BCUT2D eigenvalue weighted by atomic mass is 10.1. The van der Waals surface area contributed by atoms with Gasteiger partial charge in [-0.2, -0.15) is 0 Å². The van der Waals surface area contributed by atoms with Crippen LogP contribution in [0.25, 0.3) is 0 Å². The third-order valence-electron chi connectivity index (χ3n) is 2.89. The van der Waals surface area contributed by atoms with Crippen LogP contribution in [0.1, 0.15) is 18.5 Å². The van der Waals surface area contributed by atoms with Crippen LogP contribution in [0, 0.1) is 0 Å². The quantitative estimate of drug-likeness (QED) is 0.789. The molecule has 0 spiro atoms. The highest BCUT2D eigenvalue weighted by Gasteiger charge is 2.21. The zero-order valence-electron chi connectivity index (χ0n) is 11.0. The van der Waals surface area contributed by atoms with Gasteiger partial charge in [0.2, 0.25) is 10.0 Å². The molecule has 0 bridgehead atoms. The lowest BCUT2D eigenvalue weighted by molar-refractivity contribution is 0.567. The standard InChI is InChI=1S/C14H12BrCl2NO2S/c1-9(10-2-5-12(16)6-3-10)18-21(19,20)14-7-4-11(15)8-13(14)17/h2-9,18H,1H3. The minimum Gasteiger partial charge on any atom is -0.207 e. The molecule has 0 heterocycles. The van der Waals surface area contributed by atoms with E-state index in [1.807, 2.05) is 0 Å². The van der Waals surface area contributed by atoms with Crippen molar-refractivity contribution >= 4 is 49.2 Å². The minimum atomic E-state index is -3.70. The fourth-order valence-corrected chi connectivity index (χ4v) is 4.20. The molecule has 3 nitrogen and oxygen atoms in total. The molecule has 0 aliphatic heterocycles. The van der Waals surface area contributed by atoms with Crippen molar-refractivity contribution in [3.8, 4) is 0 Å². The maximum atomic E-state index is 12.4. The molecule has 1 unspecified atom stereocenters. The van der Waals surface area contributed by atoms with E-state index < -0.39 is 16.1 Å². The van der Waals surface area contributed by atoms with E-state index in [0.29, 0.717) is 5.02 Å². The van der Waals surface area contributed by atoms with Gasteiger partial charge in [-0.1, -0.05) is 51.3 Å². The van der Waals surface area contributed by atoms with Crippen molar-refractivity contribution in [3.63, 3.8) is 0 Å². The average Bonchev–Trinajstić information content (AvgIpc) is 2.38. The van der Waals surface area contributed by atoms with Crippen molar-refractivity contribution in [2.24, 2.45) is 0 Å². The van der Waals surface area contributed by atoms with Crippen LogP contribution in [0.15, 0.2) is 51.8 Å². The molecule has 21 heavy (non-hydrogen) atoms. The molecule has 112 valence electrons. The van der Waals surface area contributed by atoms with E-state index in [-0.39, 0.29) is 9.92 Å². The minimum absolute atomic E-state index is 0.0492. The van der Waals surface area contributed by atoms with E-state index in [9.17, 15) is 8.42 Å². The van der Waals surface area contributed by atoms with Gasteiger partial charge >= 0.3 is 0 Å². The molecule has 2 aromatic carbocycles. The summed E-state index contributed by atoms with van der Waals surface area (Å²) in [5, 5.41) is 0.768. The zero-order valence-corrected chi connectivity index (χ0v) is 14.9. The number of sulfonamides is 1. The van der Waals surface area contributed by atoms with Crippen molar-refractivity contribution in [1.29, 1.82) is 0 Å². The van der Waals surface area contributed by atoms with Crippen molar-refractivity contribution in [3.05, 3.63) is 62.5 Å². The molecule has 0 radical (unpaired) electrons. The predicted octanol–water partition coefficient (Wildman–Crippen LogP) is 4.80. The summed E-state index contributed by atoms with van der Waals surface area (Å²) >= 11 is 15.1. The van der Waals surface area contributed by atoms with Gasteiger partial charge in [-0.05, 0) is 42.8 Å². The fourth-order valence-electron chi connectivity index (χ4n) is 1.81. The van der Waals surface area contributed by atoms with Crippen LogP contribution >= 0.6 is 39.1 Å². The first-order chi connectivity index (χ1) is 9.79. The third kappa shape index (κ3) is 4.20. The van der Waals surface area contributed by atoms with Crippen molar-refractivity contribution in [2.75, 3.05) is 0 Å². The summed E-state index contributed by atoms with van der Waals surface area (Å²) in [7, 11) is -3.70. The molecular weight excluding hydrogens is 397 g/mol. The first-order valence-electron chi connectivity index (χ1n) is 6.02. The summed E-state index contributed by atoms with van der Waals surface area (Å²) < 4.78 is 28.1. The average molecular weight is 409 g/mol. The van der Waals surface area contributed by atoms with Crippen LogP contribution in [0.5, 0.6) is 0 Å². The number of hydrogen-bond donors (Lipinski definition) is 1. The topological polar surface area (TPSA) is 46.2 Å². The Balaban J connectivity index is 2.26. The van der Waals surface area contributed by atoms with Crippen LogP contribution in [0.4, 0.5) is 0 Å². The smallest absolute Gasteiger partial charge is 0.207 e. The Morgan fingerprint density at radius 1 is 1.10 bits per heavy atom. The third-order valence-corrected chi connectivity index (χ3v) is 5.65. The number of nitrogens with one attached hydrogen (secondary N) is 1. The maximum Gasteiger partial charge on any atom is 0.242 e. The van der Waals surface area contributed by atoms with Crippen molar-refractivity contribution in [1.82, 2.24) is 4.72 Å². The van der Waals surface area contributed by atoms with Gasteiger partial charge in [0.1, 0.15) is 4.90 Å². The summed E-state index contributed by atoms with van der Waals surface area (Å²) in [4.78, 5) is 0.0492. The SMILES string of the molecule is CC(NS(=O)(=O)c1ccc(Br)cc1Cl)c1ccc(Cl)cc1. The van der Waals surface area contributed by atoms with Crippen LogP contribution in [-0.4, -0.2) is 8.42 Å². The molecule has 0 saturated heterocycles. The largest absolute Gasteiger partial charge is 0.242 e. The van der Waals surface area contributed by atoms with E-state index in [1.54, 1.807) is 43.3 Å².